The van der Waals surface area contributed by atoms with Crippen LogP contribution in [-0.2, 0) is 16.0 Å². The number of thiazole rings is 1. The summed E-state index contributed by atoms with van der Waals surface area (Å²) >= 11 is 1.23. The van der Waals surface area contributed by atoms with Gasteiger partial charge < -0.3 is 10.6 Å². The van der Waals surface area contributed by atoms with Crippen molar-refractivity contribution in [3.63, 3.8) is 0 Å². The van der Waals surface area contributed by atoms with E-state index in [2.05, 4.69) is 15.6 Å². The molecule has 1 atom stereocenters. The van der Waals surface area contributed by atoms with Gasteiger partial charge in [-0.05, 0) is 42.7 Å². The number of hydrogen-bond acceptors (Lipinski definition) is 4. The zero-order valence-electron chi connectivity index (χ0n) is 13.8. The van der Waals surface area contributed by atoms with Crippen molar-refractivity contribution in [1.82, 2.24) is 4.98 Å². The summed E-state index contributed by atoms with van der Waals surface area (Å²) < 4.78 is 13.9. The molecule has 4 rings (SSSR count). The van der Waals surface area contributed by atoms with Gasteiger partial charge in [-0.3, -0.25) is 9.59 Å². The Bertz CT molecular complexity index is 1000. The van der Waals surface area contributed by atoms with Crippen molar-refractivity contribution in [2.75, 3.05) is 10.6 Å². The predicted octanol–water partition coefficient (Wildman–Crippen LogP) is 3.97. The molecule has 0 aliphatic carbocycles. The minimum Gasteiger partial charge on any atom is -0.326 e. The molecule has 26 heavy (non-hydrogen) atoms. The Morgan fingerprint density at radius 2 is 2.15 bits per heavy atom. The Kier molecular flexibility index (Phi) is 4.38. The minimum atomic E-state index is -0.331. The number of fused-ring (bicyclic) bond motifs is 2. The van der Waals surface area contributed by atoms with Crippen LogP contribution >= 0.6 is 11.3 Å². The maximum Gasteiger partial charge on any atom is 0.227 e. The van der Waals surface area contributed by atoms with Gasteiger partial charge in [0.25, 0.3) is 0 Å². The highest BCUT2D eigenvalue weighted by molar-refractivity contribution is 7.22. The van der Waals surface area contributed by atoms with E-state index in [0.717, 1.165) is 11.3 Å². The molecule has 0 spiro atoms. The smallest absolute Gasteiger partial charge is 0.227 e. The van der Waals surface area contributed by atoms with E-state index in [4.69, 9.17) is 0 Å². The van der Waals surface area contributed by atoms with Crippen molar-refractivity contribution in [2.45, 2.75) is 19.3 Å². The molecule has 2 heterocycles. The van der Waals surface area contributed by atoms with Gasteiger partial charge in [-0.1, -0.05) is 29.5 Å². The molecular weight excluding hydrogens is 353 g/mol. The van der Waals surface area contributed by atoms with Crippen molar-refractivity contribution in [3.05, 3.63) is 53.8 Å². The average molecular weight is 369 g/mol. The molecule has 0 saturated heterocycles. The summed E-state index contributed by atoms with van der Waals surface area (Å²) in [4.78, 5) is 28.7. The van der Waals surface area contributed by atoms with Crippen LogP contribution in [0.3, 0.4) is 0 Å². The number of nitrogens with one attached hydrogen (secondary N) is 2. The Labute approximate surface area is 153 Å². The van der Waals surface area contributed by atoms with Gasteiger partial charge in [0.15, 0.2) is 5.13 Å². The first kappa shape index (κ1) is 16.7. The van der Waals surface area contributed by atoms with E-state index in [0.29, 0.717) is 28.2 Å². The number of nitrogens with zero attached hydrogens (tertiary/aromatic N) is 1. The number of carbonyl (C=O) groups is 2. The summed E-state index contributed by atoms with van der Waals surface area (Å²) in [6, 6.07) is 12.0. The summed E-state index contributed by atoms with van der Waals surface area (Å²) in [5.41, 5.74) is 2.58. The third-order valence-electron chi connectivity index (χ3n) is 4.43. The molecule has 2 amide bonds. The standard InChI is InChI=1S/C19H16FN3O2S/c20-13-6-7-15-16(10-13)26-19(22-15)23-17(24)8-5-12-9-11-3-1-2-4-14(11)21-18(12)25/h1-4,6-7,10,12H,5,8-9H2,(H,21,25)(H,22,23,24). The first-order chi connectivity index (χ1) is 12.6. The lowest BCUT2D eigenvalue weighted by molar-refractivity contribution is -0.121. The normalized spacial score (nSPS) is 16.2. The van der Waals surface area contributed by atoms with Crippen molar-refractivity contribution in [1.29, 1.82) is 0 Å². The van der Waals surface area contributed by atoms with E-state index in [1.807, 2.05) is 24.3 Å². The van der Waals surface area contributed by atoms with Gasteiger partial charge in [0.1, 0.15) is 5.82 Å². The SMILES string of the molecule is O=C(CCC1Cc2ccccc2NC1=O)Nc1nc2ccc(F)cc2s1. The highest BCUT2D eigenvalue weighted by Gasteiger charge is 2.26. The first-order valence-electron chi connectivity index (χ1n) is 8.33. The Hall–Kier alpha value is -2.80. The molecule has 132 valence electrons. The molecule has 0 bridgehead atoms. The number of anilines is 2. The second-order valence-corrected chi connectivity index (χ2v) is 7.30. The zero-order chi connectivity index (χ0) is 18.1. The summed E-state index contributed by atoms with van der Waals surface area (Å²) in [7, 11) is 0. The molecule has 7 heteroatoms. The van der Waals surface area contributed by atoms with E-state index in [1.165, 1.54) is 23.5 Å². The molecule has 0 saturated carbocycles. The predicted molar refractivity (Wildman–Crippen MR) is 99.7 cm³/mol. The average Bonchev–Trinajstić information content (AvgIpc) is 3.01. The largest absolute Gasteiger partial charge is 0.326 e. The zero-order valence-corrected chi connectivity index (χ0v) is 14.6. The third-order valence-corrected chi connectivity index (χ3v) is 5.36. The Morgan fingerprint density at radius 1 is 1.31 bits per heavy atom. The van der Waals surface area contributed by atoms with E-state index in [1.54, 1.807) is 6.07 Å². The number of carbonyl (C=O) groups excluding carboxylic acids is 2. The molecule has 3 aromatic rings. The van der Waals surface area contributed by atoms with Crippen LogP contribution in [0.2, 0.25) is 0 Å². The molecule has 1 unspecified atom stereocenters. The van der Waals surface area contributed by atoms with Crippen LogP contribution in [0.4, 0.5) is 15.2 Å². The maximum atomic E-state index is 13.2. The molecule has 1 aliphatic heterocycles. The number of benzene rings is 2. The number of halogens is 1. The lowest BCUT2D eigenvalue weighted by Crippen LogP contribution is -2.30. The van der Waals surface area contributed by atoms with E-state index < -0.39 is 0 Å². The van der Waals surface area contributed by atoms with Crippen molar-refractivity contribution in [2.24, 2.45) is 5.92 Å². The van der Waals surface area contributed by atoms with Crippen LogP contribution in [0.25, 0.3) is 10.2 Å². The summed E-state index contributed by atoms with van der Waals surface area (Å²) in [6.45, 7) is 0. The third kappa shape index (κ3) is 3.43. The summed E-state index contributed by atoms with van der Waals surface area (Å²) in [5.74, 6) is -0.800. The number of rotatable bonds is 4. The van der Waals surface area contributed by atoms with Crippen molar-refractivity contribution in [3.8, 4) is 0 Å². The molecule has 1 aliphatic rings. The summed E-state index contributed by atoms with van der Waals surface area (Å²) in [6.07, 6.45) is 1.33. The van der Waals surface area contributed by atoms with Gasteiger partial charge in [0, 0.05) is 18.0 Å². The fourth-order valence-corrected chi connectivity index (χ4v) is 3.99. The van der Waals surface area contributed by atoms with Gasteiger partial charge in [-0.2, -0.15) is 0 Å². The molecule has 5 nitrogen and oxygen atoms in total. The molecule has 1 aromatic heterocycles. The lowest BCUT2D eigenvalue weighted by Gasteiger charge is -2.24. The number of hydrogen-bond donors (Lipinski definition) is 2. The lowest BCUT2D eigenvalue weighted by atomic mass is 9.89. The Balaban J connectivity index is 1.37. The van der Waals surface area contributed by atoms with E-state index in [9.17, 15) is 14.0 Å². The molecule has 2 N–H and O–H groups in total. The fraction of sp³-hybridized carbons (Fsp3) is 0.211. The number of aromatic nitrogens is 1. The van der Waals surface area contributed by atoms with Crippen LogP contribution < -0.4 is 10.6 Å². The first-order valence-corrected chi connectivity index (χ1v) is 9.15. The Morgan fingerprint density at radius 3 is 3.04 bits per heavy atom. The molecular formula is C19H16FN3O2S. The highest BCUT2D eigenvalue weighted by atomic mass is 32.1. The van der Waals surface area contributed by atoms with Crippen LogP contribution in [0, 0.1) is 11.7 Å². The highest BCUT2D eigenvalue weighted by Crippen LogP contribution is 2.29. The second-order valence-electron chi connectivity index (χ2n) is 6.27. The van der Waals surface area contributed by atoms with Gasteiger partial charge >= 0.3 is 0 Å². The summed E-state index contributed by atoms with van der Waals surface area (Å²) in [5, 5.41) is 6.07. The van der Waals surface area contributed by atoms with Gasteiger partial charge in [0.2, 0.25) is 11.8 Å². The quantitative estimate of drug-likeness (QED) is 0.731. The number of para-hydroxylation sites is 1. The van der Waals surface area contributed by atoms with E-state index in [-0.39, 0.29) is 30.0 Å². The monoisotopic (exact) mass is 369 g/mol. The van der Waals surface area contributed by atoms with Gasteiger partial charge in [-0.25, -0.2) is 9.37 Å². The topological polar surface area (TPSA) is 71.1 Å². The molecule has 2 aromatic carbocycles. The van der Waals surface area contributed by atoms with E-state index >= 15 is 0 Å². The van der Waals surface area contributed by atoms with Crippen molar-refractivity contribution < 1.29 is 14.0 Å². The van der Waals surface area contributed by atoms with Crippen LogP contribution in [-0.4, -0.2) is 16.8 Å². The van der Waals surface area contributed by atoms with Crippen LogP contribution in [0.5, 0.6) is 0 Å². The molecule has 0 radical (unpaired) electrons. The van der Waals surface area contributed by atoms with Crippen molar-refractivity contribution >= 4 is 44.2 Å². The van der Waals surface area contributed by atoms with Gasteiger partial charge in [-0.15, -0.1) is 0 Å². The van der Waals surface area contributed by atoms with Crippen LogP contribution in [0.15, 0.2) is 42.5 Å². The minimum absolute atomic E-state index is 0.0491. The maximum absolute atomic E-state index is 13.2. The number of amides is 2. The van der Waals surface area contributed by atoms with Crippen LogP contribution in [0.1, 0.15) is 18.4 Å². The molecule has 0 fully saturated rings. The van der Waals surface area contributed by atoms with Gasteiger partial charge in [0.05, 0.1) is 10.2 Å². The fourth-order valence-electron chi connectivity index (χ4n) is 3.09. The second kappa shape index (κ2) is 6.84.